The molecule has 7 nitrogen and oxygen atoms in total. The van der Waals surface area contributed by atoms with E-state index in [0.717, 1.165) is 61.7 Å². The maximum atomic E-state index is 11.5. The zero-order chi connectivity index (χ0) is 21.5. The molecule has 2 heterocycles. The molecule has 1 aliphatic heterocycles. The van der Waals surface area contributed by atoms with Gasteiger partial charge in [0, 0.05) is 58.0 Å². The van der Waals surface area contributed by atoms with Crippen molar-refractivity contribution >= 4 is 17.7 Å². The predicted molar refractivity (Wildman–Crippen MR) is 122 cm³/mol. The molecule has 1 amide bonds. The standard InChI is InChI=1S/C23H38N6O/c1-17-6-8-18(9-7-17)16-28(3)23(25-2)27-15-20-5-4-12-26-22(20)29-13-10-19(11-14-29)21(24)30/h4-5,12,17-19H,6-11,13-16H2,1-3H3,(H2,24,30)(H,25,27). The molecule has 1 aliphatic carbocycles. The summed E-state index contributed by atoms with van der Waals surface area (Å²) in [4.78, 5) is 25.1. The minimum Gasteiger partial charge on any atom is -0.369 e. The molecule has 1 saturated heterocycles. The van der Waals surface area contributed by atoms with Gasteiger partial charge in [-0.3, -0.25) is 9.79 Å². The molecular weight excluding hydrogens is 376 g/mol. The molecule has 1 saturated carbocycles. The average Bonchev–Trinajstić information content (AvgIpc) is 2.76. The quantitative estimate of drug-likeness (QED) is 0.552. The fourth-order valence-corrected chi connectivity index (χ4v) is 4.77. The van der Waals surface area contributed by atoms with E-state index in [1.165, 1.54) is 25.7 Å². The van der Waals surface area contributed by atoms with Crippen molar-refractivity contribution in [1.82, 2.24) is 15.2 Å². The number of hydrogen-bond acceptors (Lipinski definition) is 4. The first-order valence-electron chi connectivity index (χ1n) is 11.4. The van der Waals surface area contributed by atoms with Gasteiger partial charge in [-0.1, -0.05) is 25.8 Å². The highest BCUT2D eigenvalue weighted by molar-refractivity contribution is 5.79. The number of nitrogens with zero attached hydrogens (tertiary/aromatic N) is 4. The van der Waals surface area contributed by atoms with Gasteiger partial charge in [-0.25, -0.2) is 4.98 Å². The molecule has 7 heteroatoms. The van der Waals surface area contributed by atoms with Gasteiger partial charge < -0.3 is 20.9 Å². The fourth-order valence-electron chi connectivity index (χ4n) is 4.77. The Labute approximate surface area is 181 Å². The number of amides is 1. The Bertz CT molecular complexity index is 720. The van der Waals surface area contributed by atoms with Gasteiger partial charge in [0.1, 0.15) is 5.82 Å². The molecule has 2 fully saturated rings. The molecule has 1 aromatic heterocycles. The molecule has 0 atom stereocenters. The smallest absolute Gasteiger partial charge is 0.220 e. The number of anilines is 1. The summed E-state index contributed by atoms with van der Waals surface area (Å²) in [5.74, 6) is 3.35. The summed E-state index contributed by atoms with van der Waals surface area (Å²) in [5.41, 5.74) is 6.63. The second kappa shape index (κ2) is 10.6. The number of carbonyl (C=O) groups excluding carboxylic acids is 1. The van der Waals surface area contributed by atoms with Gasteiger partial charge in [-0.2, -0.15) is 0 Å². The first-order chi connectivity index (χ1) is 14.5. The summed E-state index contributed by atoms with van der Waals surface area (Å²) < 4.78 is 0. The van der Waals surface area contributed by atoms with Crippen molar-refractivity contribution in [3.63, 3.8) is 0 Å². The van der Waals surface area contributed by atoms with Crippen LogP contribution in [0.3, 0.4) is 0 Å². The van der Waals surface area contributed by atoms with E-state index >= 15 is 0 Å². The lowest BCUT2D eigenvalue weighted by atomic mass is 9.83. The van der Waals surface area contributed by atoms with E-state index in [1.54, 1.807) is 0 Å². The molecule has 3 N–H and O–H groups in total. The zero-order valence-corrected chi connectivity index (χ0v) is 18.8. The first-order valence-corrected chi connectivity index (χ1v) is 11.4. The highest BCUT2D eigenvalue weighted by Crippen LogP contribution is 2.29. The number of carbonyl (C=O) groups is 1. The number of aromatic nitrogens is 1. The molecule has 30 heavy (non-hydrogen) atoms. The Kier molecular flexibility index (Phi) is 7.94. The lowest BCUT2D eigenvalue weighted by Gasteiger charge is -2.33. The van der Waals surface area contributed by atoms with Gasteiger partial charge in [0.2, 0.25) is 5.91 Å². The van der Waals surface area contributed by atoms with E-state index < -0.39 is 0 Å². The predicted octanol–water partition coefficient (Wildman–Crippen LogP) is 2.62. The minimum atomic E-state index is -0.183. The maximum Gasteiger partial charge on any atom is 0.220 e. The van der Waals surface area contributed by atoms with E-state index in [4.69, 9.17) is 5.73 Å². The monoisotopic (exact) mass is 414 g/mol. The maximum absolute atomic E-state index is 11.5. The Hall–Kier alpha value is -2.31. The number of hydrogen-bond donors (Lipinski definition) is 2. The number of piperidine rings is 1. The molecule has 0 spiro atoms. The number of nitrogens with two attached hydrogens (primary N) is 1. The van der Waals surface area contributed by atoms with Crippen molar-refractivity contribution in [1.29, 1.82) is 0 Å². The molecule has 0 aromatic carbocycles. The molecule has 3 rings (SSSR count). The highest BCUT2D eigenvalue weighted by Gasteiger charge is 2.25. The van der Waals surface area contributed by atoms with E-state index in [2.05, 4.69) is 45.1 Å². The van der Waals surface area contributed by atoms with E-state index in [1.807, 2.05) is 19.3 Å². The second-order valence-corrected chi connectivity index (χ2v) is 9.06. The van der Waals surface area contributed by atoms with Gasteiger partial charge in [-0.15, -0.1) is 0 Å². The van der Waals surface area contributed by atoms with Crippen LogP contribution in [0.4, 0.5) is 5.82 Å². The van der Waals surface area contributed by atoms with Crippen LogP contribution in [0.2, 0.25) is 0 Å². The third-order valence-corrected chi connectivity index (χ3v) is 6.74. The SMILES string of the molecule is CN=C(NCc1cccnc1N1CCC(C(N)=O)CC1)N(C)CC1CCC(C)CC1. The normalized spacial score (nSPS) is 23.3. The van der Waals surface area contributed by atoms with Crippen LogP contribution in [-0.2, 0) is 11.3 Å². The van der Waals surface area contributed by atoms with Crippen LogP contribution >= 0.6 is 0 Å². The lowest BCUT2D eigenvalue weighted by Crippen LogP contribution is -2.42. The molecule has 0 bridgehead atoms. The van der Waals surface area contributed by atoms with E-state index in [-0.39, 0.29) is 11.8 Å². The van der Waals surface area contributed by atoms with Gasteiger partial charge in [0.05, 0.1) is 0 Å². The van der Waals surface area contributed by atoms with Crippen LogP contribution in [0, 0.1) is 17.8 Å². The molecule has 0 radical (unpaired) electrons. The second-order valence-electron chi connectivity index (χ2n) is 9.06. The van der Waals surface area contributed by atoms with Gasteiger partial charge in [-0.05, 0) is 43.6 Å². The topological polar surface area (TPSA) is 86.9 Å². The van der Waals surface area contributed by atoms with E-state index in [9.17, 15) is 4.79 Å². The molecule has 1 aromatic rings. The van der Waals surface area contributed by atoms with Crippen LogP contribution in [-0.4, -0.2) is 55.5 Å². The molecule has 166 valence electrons. The molecular formula is C23H38N6O. The largest absolute Gasteiger partial charge is 0.369 e. The van der Waals surface area contributed by atoms with Crippen molar-refractivity contribution < 1.29 is 4.79 Å². The van der Waals surface area contributed by atoms with Crippen LogP contribution in [0.25, 0.3) is 0 Å². The molecule has 2 aliphatic rings. The van der Waals surface area contributed by atoms with Crippen molar-refractivity contribution in [3.05, 3.63) is 23.9 Å². The number of aliphatic imine (C=N–C) groups is 1. The van der Waals surface area contributed by atoms with Crippen LogP contribution in [0.5, 0.6) is 0 Å². The number of pyridine rings is 1. The number of nitrogens with one attached hydrogen (secondary N) is 1. The van der Waals surface area contributed by atoms with Crippen molar-refractivity contribution in [3.8, 4) is 0 Å². The average molecular weight is 415 g/mol. The number of rotatable bonds is 6. The van der Waals surface area contributed by atoms with Crippen molar-refractivity contribution in [2.75, 3.05) is 38.6 Å². The summed E-state index contributed by atoms with van der Waals surface area (Å²) in [7, 11) is 3.98. The third-order valence-electron chi connectivity index (χ3n) is 6.74. The van der Waals surface area contributed by atoms with Crippen molar-refractivity contribution in [2.24, 2.45) is 28.5 Å². The van der Waals surface area contributed by atoms with Gasteiger partial charge in [0.25, 0.3) is 0 Å². The Morgan fingerprint density at radius 2 is 1.97 bits per heavy atom. The summed E-state index contributed by atoms with van der Waals surface area (Å²) >= 11 is 0. The molecule has 0 unspecified atom stereocenters. The van der Waals surface area contributed by atoms with Crippen molar-refractivity contribution in [2.45, 2.75) is 52.0 Å². The van der Waals surface area contributed by atoms with Crippen LogP contribution in [0.1, 0.15) is 51.0 Å². The Morgan fingerprint density at radius 3 is 2.60 bits per heavy atom. The summed E-state index contributed by atoms with van der Waals surface area (Å²) in [6.07, 6.45) is 8.75. The van der Waals surface area contributed by atoms with E-state index in [0.29, 0.717) is 6.54 Å². The number of primary amides is 1. The Morgan fingerprint density at radius 1 is 1.27 bits per heavy atom. The number of guanidine groups is 1. The summed E-state index contributed by atoms with van der Waals surface area (Å²) in [6.45, 7) is 5.71. The summed E-state index contributed by atoms with van der Waals surface area (Å²) in [6, 6.07) is 4.09. The Balaban J connectivity index is 1.56. The zero-order valence-electron chi connectivity index (χ0n) is 18.8. The fraction of sp³-hybridized carbons (Fsp3) is 0.696. The summed E-state index contributed by atoms with van der Waals surface area (Å²) in [5, 5.41) is 3.53. The van der Waals surface area contributed by atoms with Gasteiger partial charge >= 0.3 is 0 Å². The minimum absolute atomic E-state index is 0.0122. The third kappa shape index (κ3) is 5.86. The van der Waals surface area contributed by atoms with Crippen LogP contribution < -0.4 is 16.0 Å². The lowest BCUT2D eigenvalue weighted by molar-refractivity contribution is -0.122. The highest BCUT2D eigenvalue weighted by atomic mass is 16.1. The van der Waals surface area contributed by atoms with Gasteiger partial charge in [0.15, 0.2) is 5.96 Å². The first kappa shape index (κ1) is 22.4. The van der Waals surface area contributed by atoms with Crippen LogP contribution in [0.15, 0.2) is 23.3 Å².